The van der Waals surface area contributed by atoms with Gasteiger partial charge in [0, 0.05) is 18.2 Å². The summed E-state index contributed by atoms with van der Waals surface area (Å²) in [5.74, 6) is -1.11. The zero-order valence-corrected chi connectivity index (χ0v) is 15.0. The average Bonchev–Trinajstić information content (AvgIpc) is 3.05. The lowest BCUT2D eigenvalue weighted by atomic mass is 10.1. The summed E-state index contributed by atoms with van der Waals surface area (Å²) >= 11 is 1.19. The predicted molar refractivity (Wildman–Crippen MR) is 98.3 cm³/mol. The van der Waals surface area contributed by atoms with Gasteiger partial charge in [0.15, 0.2) is 5.13 Å². The molecule has 0 unspecified atom stereocenters. The number of unbranched alkanes of at least 4 members (excludes halogenated alkanes) is 2. The maximum atomic E-state index is 13.4. The van der Waals surface area contributed by atoms with Crippen LogP contribution in [0, 0.1) is 5.82 Å². The van der Waals surface area contributed by atoms with Gasteiger partial charge in [0.25, 0.3) is 0 Å². The van der Waals surface area contributed by atoms with E-state index in [1.807, 2.05) is 0 Å². The van der Waals surface area contributed by atoms with Crippen molar-refractivity contribution < 1.29 is 19.1 Å². The van der Waals surface area contributed by atoms with E-state index in [1.54, 1.807) is 5.38 Å². The van der Waals surface area contributed by atoms with Gasteiger partial charge in [-0.15, -0.1) is 11.3 Å². The zero-order valence-electron chi connectivity index (χ0n) is 14.2. The lowest BCUT2D eigenvalue weighted by Gasteiger charge is -2.21. The lowest BCUT2D eigenvalue weighted by Crippen LogP contribution is -2.26. The Balaban J connectivity index is 2.17. The van der Waals surface area contributed by atoms with Gasteiger partial charge in [-0.2, -0.15) is 0 Å². The maximum Gasteiger partial charge on any atom is 0.233 e. The number of carbonyl (C=O) groups excluding carboxylic acids is 2. The number of anilines is 3. The summed E-state index contributed by atoms with van der Waals surface area (Å²) in [5, 5.41) is 11.2. The summed E-state index contributed by atoms with van der Waals surface area (Å²) in [6, 6.07) is 3.79. The zero-order chi connectivity index (χ0) is 19.1. The first-order valence-electron chi connectivity index (χ1n) is 8.14. The van der Waals surface area contributed by atoms with Crippen molar-refractivity contribution in [2.45, 2.75) is 38.7 Å². The van der Waals surface area contributed by atoms with Gasteiger partial charge < -0.3 is 16.6 Å². The first-order valence-corrected chi connectivity index (χ1v) is 9.02. The summed E-state index contributed by atoms with van der Waals surface area (Å²) < 4.78 is 13.4. The minimum Gasteiger partial charge on any atom is -0.397 e. The Bertz CT molecular complexity index is 781. The van der Waals surface area contributed by atoms with Crippen molar-refractivity contribution in [3.63, 3.8) is 0 Å². The minimum absolute atomic E-state index is 0.118. The van der Waals surface area contributed by atoms with E-state index in [2.05, 4.69) is 4.98 Å². The number of aliphatic hydroxyl groups excluding tert-OH is 1. The van der Waals surface area contributed by atoms with Gasteiger partial charge in [-0.1, -0.05) is 6.42 Å². The second kappa shape index (κ2) is 9.25. The highest BCUT2D eigenvalue weighted by atomic mass is 32.1. The summed E-state index contributed by atoms with van der Waals surface area (Å²) in [4.78, 5) is 29.1. The molecule has 2 aromatic rings. The number of thiazole rings is 1. The van der Waals surface area contributed by atoms with Gasteiger partial charge in [0.2, 0.25) is 11.8 Å². The second-order valence-electron chi connectivity index (χ2n) is 5.74. The third kappa shape index (κ3) is 5.24. The molecule has 0 spiro atoms. The molecule has 0 atom stereocenters. The van der Waals surface area contributed by atoms with Gasteiger partial charge in [-0.25, -0.2) is 9.37 Å². The second-order valence-corrected chi connectivity index (χ2v) is 6.58. The third-order valence-electron chi connectivity index (χ3n) is 3.69. The number of nitrogens with zero attached hydrogens (tertiary/aromatic N) is 2. The van der Waals surface area contributed by atoms with Gasteiger partial charge in [0.1, 0.15) is 5.82 Å². The van der Waals surface area contributed by atoms with Crippen LogP contribution in [-0.2, 0) is 16.2 Å². The van der Waals surface area contributed by atoms with Gasteiger partial charge in [-0.05, 0) is 31.0 Å². The Labute approximate surface area is 154 Å². The Morgan fingerprint density at radius 2 is 1.96 bits per heavy atom. The Morgan fingerprint density at radius 1 is 1.23 bits per heavy atom. The lowest BCUT2D eigenvalue weighted by molar-refractivity contribution is -0.118. The Hall–Kier alpha value is -2.52. The molecule has 2 amide bonds. The topological polar surface area (TPSA) is 123 Å². The molecule has 0 saturated carbocycles. The molecule has 7 nitrogen and oxygen atoms in total. The van der Waals surface area contributed by atoms with E-state index in [0.717, 1.165) is 6.07 Å². The van der Waals surface area contributed by atoms with E-state index in [1.165, 1.54) is 28.4 Å². The number of primary amides is 1. The number of amides is 2. The van der Waals surface area contributed by atoms with Crippen LogP contribution in [0.4, 0.5) is 20.9 Å². The molecule has 0 aliphatic heterocycles. The number of carbonyl (C=O) groups is 2. The van der Waals surface area contributed by atoms with Gasteiger partial charge in [0.05, 0.1) is 23.7 Å². The molecule has 5 N–H and O–H groups in total. The molecule has 0 aliphatic carbocycles. The fourth-order valence-corrected chi connectivity index (χ4v) is 3.25. The monoisotopic (exact) mass is 380 g/mol. The molecule has 1 heterocycles. The number of benzene rings is 1. The molecule has 2 rings (SSSR count). The molecular formula is C17H21FN4O3S. The number of hydrogen-bond donors (Lipinski definition) is 3. The molecule has 9 heteroatoms. The molecule has 0 saturated heterocycles. The molecule has 0 fully saturated rings. The van der Waals surface area contributed by atoms with Crippen LogP contribution in [0.2, 0.25) is 0 Å². The summed E-state index contributed by atoms with van der Waals surface area (Å²) in [5.41, 5.74) is 11.9. The molecule has 0 aliphatic rings. The van der Waals surface area contributed by atoms with Crippen LogP contribution in [0.1, 0.15) is 37.8 Å². The van der Waals surface area contributed by atoms with Crippen molar-refractivity contribution in [2.75, 3.05) is 10.6 Å². The van der Waals surface area contributed by atoms with Crippen molar-refractivity contribution >= 4 is 39.7 Å². The van der Waals surface area contributed by atoms with Gasteiger partial charge in [-0.3, -0.25) is 14.5 Å². The van der Waals surface area contributed by atoms with E-state index in [9.17, 15) is 19.1 Å². The average molecular weight is 380 g/mol. The van der Waals surface area contributed by atoms with E-state index in [4.69, 9.17) is 11.5 Å². The number of rotatable bonds is 9. The first kappa shape index (κ1) is 19.8. The smallest absolute Gasteiger partial charge is 0.233 e. The van der Waals surface area contributed by atoms with E-state index in [0.29, 0.717) is 35.8 Å². The largest absolute Gasteiger partial charge is 0.397 e. The highest BCUT2D eigenvalue weighted by molar-refractivity contribution is 7.14. The normalized spacial score (nSPS) is 10.7. The maximum absolute atomic E-state index is 13.4. The molecule has 0 radical (unpaired) electrons. The number of aliphatic hydroxyl groups is 1. The van der Waals surface area contributed by atoms with Crippen LogP contribution < -0.4 is 16.4 Å². The Morgan fingerprint density at radius 3 is 2.58 bits per heavy atom. The number of hydrogen-bond acceptors (Lipinski definition) is 6. The summed E-state index contributed by atoms with van der Waals surface area (Å²) in [6.07, 6.45) is 2.37. The van der Waals surface area contributed by atoms with Gasteiger partial charge >= 0.3 is 0 Å². The molecule has 1 aromatic heterocycles. The standard InChI is InChI=1S/C17H21FN4O3S/c18-11-6-7-14(13(19)8-11)22(17-21-12(9-23)10-26-17)16(25)5-3-1-2-4-15(20)24/h6-8,10,23H,1-5,9,19H2,(H2,20,24). The number of aromatic nitrogens is 1. The quantitative estimate of drug-likeness (QED) is 0.455. The third-order valence-corrected chi connectivity index (χ3v) is 4.56. The fraction of sp³-hybridized carbons (Fsp3) is 0.353. The minimum atomic E-state index is -0.500. The van der Waals surface area contributed by atoms with E-state index < -0.39 is 5.82 Å². The molecule has 140 valence electrons. The first-order chi connectivity index (χ1) is 12.4. The van der Waals surface area contributed by atoms with Crippen LogP contribution in [-0.4, -0.2) is 21.9 Å². The van der Waals surface area contributed by atoms with E-state index in [-0.39, 0.29) is 37.0 Å². The highest BCUT2D eigenvalue weighted by Gasteiger charge is 2.23. The van der Waals surface area contributed by atoms with Crippen LogP contribution >= 0.6 is 11.3 Å². The van der Waals surface area contributed by atoms with Crippen molar-refractivity contribution in [3.8, 4) is 0 Å². The van der Waals surface area contributed by atoms with E-state index >= 15 is 0 Å². The molecule has 1 aromatic carbocycles. The van der Waals surface area contributed by atoms with Crippen LogP contribution in [0.5, 0.6) is 0 Å². The summed E-state index contributed by atoms with van der Waals surface area (Å²) in [6.45, 7) is -0.245. The van der Waals surface area contributed by atoms with Crippen molar-refractivity contribution in [3.05, 3.63) is 35.1 Å². The van der Waals surface area contributed by atoms with Crippen LogP contribution in [0.15, 0.2) is 23.6 Å². The summed E-state index contributed by atoms with van der Waals surface area (Å²) in [7, 11) is 0. The SMILES string of the molecule is NC(=O)CCCCCC(=O)N(c1nc(CO)cs1)c1ccc(F)cc1N. The molecular weight excluding hydrogens is 359 g/mol. The number of nitrogen functional groups attached to an aromatic ring is 1. The van der Waals surface area contributed by atoms with Crippen molar-refractivity contribution in [1.29, 1.82) is 0 Å². The van der Waals surface area contributed by atoms with Crippen LogP contribution in [0.3, 0.4) is 0 Å². The van der Waals surface area contributed by atoms with Crippen LogP contribution in [0.25, 0.3) is 0 Å². The molecule has 0 bridgehead atoms. The Kier molecular flexibility index (Phi) is 7.05. The fourth-order valence-electron chi connectivity index (χ4n) is 2.41. The van der Waals surface area contributed by atoms with Crippen molar-refractivity contribution in [1.82, 2.24) is 4.98 Å². The highest BCUT2D eigenvalue weighted by Crippen LogP contribution is 2.34. The number of halogens is 1. The number of nitrogens with two attached hydrogens (primary N) is 2. The molecule has 26 heavy (non-hydrogen) atoms. The van der Waals surface area contributed by atoms with Crippen molar-refractivity contribution in [2.24, 2.45) is 5.73 Å². The predicted octanol–water partition coefficient (Wildman–Crippen LogP) is 2.46.